The Labute approximate surface area is 141 Å². The van der Waals surface area contributed by atoms with E-state index < -0.39 is 12.1 Å². The van der Waals surface area contributed by atoms with Crippen molar-refractivity contribution in [3.63, 3.8) is 0 Å². The molecule has 128 valence electrons. The lowest BCUT2D eigenvalue weighted by atomic mass is 9.93. The average Bonchev–Trinajstić information content (AvgIpc) is 3.04. The minimum absolute atomic E-state index is 0.0560. The molecule has 2 aromatic rings. The van der Waals surface area contributed by atoms with Crippen LogP contribution in [0, 0.1) is 0 Å². The zero-order chi connectivity index (χ0) is 17.3. The number of aromatic nitrogens is 2. The van der Waals surface area contributed by atoms with Crippen molar-refractivity contribution in [2.75, 3.05) is 13.1 Å². The van der Waals surface area contributed by atoms with Crippen molar-refractivity contribution in [2.45, 2.75) is 24.9 Å². The Morgan fingerprint density at radius 1 is 1.12 bits per heavy atom. The van der Waals surface area contributed by atoms with Crippen LogP contribution in [0.3, 0.4) is 0 Å². The molecule has 1 aliphatic rings. The number of piperidine rings is 1. The summed E-state index contributed by atoms with van der Waals surface area (Å²) in [5, 5.41) is 4.91. The van der Waals surface area contributed by atoms with Gasteiger partial charge in [0.1, 0.15) is 0 Å². The van der Waals surface area contributed by atoms with Crippen molar-refractivity contribution in [2.24, 2.45) is 0 Å². The first kappa shape index (κ1) is 16.8. The number of hydrogen-bond acceptors (Lipinski definition) is 2. The fraction of sp³-hybridized carbons (Fsp3) is 0.375. The van der Waals surface area contributed by atoms with E-state index in [1.165, 1.54) is 0 Å². The third-order valence-electron chi connectivity index (χ3n) is 4.19. The third-order valence-corrected chi connectivity index (χ3v) is 4.44. The maximum atomic E-state index is 12.5. The van der Waals surface area contributed by atoms with Gasteiger partial charge in [-0.05, 0) is 43.2 Å². The van der Waals surface area contributed by atoms with E-state index in [1.54, 1.807) is 23.0 Å². The van der Waals surface area contributed by atoms with Gasteiger partial charge in [0.25, 0.3) is 0 Å². The Kier molecular flexibility index (Phi) is 4.54. The summed E-state index contributed by atoms with van der Waals surface area (Å²) in [6, 6.07) is 9.04. The fourth-order valence-corrected chi connectivity index (χ4v) is 3.10. The van der Waals surface area contributed by atoms with E-state index in [0.717, 1.165) is 16.3 Å². The van der Waals surface area contributed by atoms with Crippen LogP contribution >= 0.6 is 11.6 Å². The van der Waals surface area contributed by atoms with Crippen LogP contribution in [0.4, 0.5) is 13.2 Å². The van der Waals surface area contributed by atoms with E-state index in [9.17, 15) is 18.0 Å². The second kappa shape index (κ2) is 6.47. The summed E-state index contributed by atoms with van der Waals surface area (Å²) in [5.74, 6) is -1.70. The van der Waals surface area contributed by atoms with Gasteiger partial charge in [-0.2, -0.15) is 18.3 Å². The Morgan fingerprint density at radius 2 is 1.75 bits per heavy atom. The van der Waals surface area contributed by atoms with Gasteiger partial charge in [0, 0.05) is 35.9 Å². The third kappa shape index (κ3) is 3.40. The predicted octanol–water partition coefficient (Wildman–Crippen LogP) is 3.79. The zero-order valence-electron chi connectivity index (χ0n) is 12.6. The molecule has 0 spiro atoms. The maximum Gasteiger partial charge on any atom is 0.471 e. The summed E-state index contributed by atoms with van der Waals surface area (Å²) in [6.45, 7) is 0.184. The van der Waals surface area contributed by atoms with Gasteiger partial charge in [-0.15, -0.1) is 0 Å². The van der Waals surface area contributed by atoms with E-state index in [1.807, 2.05) is 18.2 Å². The van der Waals surface area contributed by atoms with Gasteiger partial charge in [-0.25, -0.2) is 4.68 Å². The van der Waals surface area contributed by atoms with Crippen molar-refractivity contribution in [1.82, 2.24) is 14.7 Å². The fourth-order valence-electron chi connectivity index (χ4n) is 2.98. The van der Waals surface area contributed by atoms with Crippen LogP contribution in [0.1, 0.15) is 24.5 Å². The van der Waals surface area contributed by atoms with Crippen LogP contribution < -0.4 is 0 Å². The number of alkyl halides is 3. The molecule has 0 atom stereocenters. The number of amides is 1. The highest BCUT2D eigenvalue weighted by molar-refractivity contribution is 6.30. The van der Waals surface area contributed by atoms with Crippen LogP contribution in [0.2, 0.25) is 5.02 Å². The van der Waals surface area contributed by atoms with Gasteiger partial charge in [-0.1, -0.05) is 11.6 Å². The van der Waals surface area contributed by atoms with E-state index in [0.29, 0.717) is 17.9 Å². The highest BCUT2D eigenvalue weighted by Crippen LogP contribution is 2.31. The molecule has 0 aliphatic carbocycles. The van der Waals surface area contributed by atoms with Gasteiger partial charge >= 0.3 is 12.1 Å². The smallest absolute Gasteiger partial charge is 0.335 e. The Bertz CT molecular complexity index is 719. The summed E-state index contributed by atoms with van der Waals surface area (Å²) in [4.78, 5) is 12.2. The predicted molar refractivity (Wildman–Crippen MR) is 83.2 cm³/mol. The van der Waals surface area contributed by atoms with E-state index >= 15 is 0 Å². The molecule has 0 bridgehead atoms. The zero-order valence-corrected chi connectivity index (χ0v) is 13.4. The number of benzene rings is 1. The van der Waals surface area contributed by atoms with Crippen molar-refractivity contribution >= 4 is 17.5 Å². The average molecular weight is 358 g/mol. The summed E-state index contributed by atoms with van der Waals surface area (Å²) in [7, 11) is 0. The van der Waals surface area contributed by atoms with E-state index in [4.69, 9.17) is 11.6 Å². The molecule has 2 heterocycles. The minimum Gasteiger partial charge on any atom is -0.335 e. The number of nitrogens with zero attached hydrogens (tertiary/aromatic N) is 3. The molecule has 0 saturated carbocycles. The number of rotatable bonds is 2. The highest BCUT2D eigenvalue weighted by Gasteiger charge is 2.43. The largest absolute Gasteiger partial charge is 0.471 e. The molecule has 1 aromatic heterocycles. The number of carbonyl (C=O) groups excluding carboxylic acids is 1. The standard InChI is InChI=1S/C16H15ClF3N3O/c17-12-1-3-13(4-2-12)23-14(5-8-21-23)11-6-9-22(10-7-11)15(24)16(18,19)20/h1-5,8,11H,6-7,9-10H2. The van der Waals surface area contributed by atoms with E-state index in [2.05, 4.69) is 5.10 Å². The molecular formula is C16H15ClF3N3O. The van der Waals surface area contributed by atoms with E-state index in [-0.39, 0.29) is 19.0 Å². The molecule has 3 rings (SSSR count). The van der Waals surface area contributed by atoms with Crippen LogP contribution in [-0.2, 0) is 4.79 Å². The normalized spacial score (nSPS) is 16.4. The Hall–Kier alpha value is -2.02. The molecular weight excluding hydrogens is 343 g/mol. The number of carbonyl (C=O) groups is 1. The molecule has 0 unspecified atom stereocenters. The van der Waals surface area contributed by atoms with Crippen molar-refractivity contribution < 1.29 is 18.0 Å². The van der Waals surface area contributed by atoms with Gasteiger partial charge < -0.3 is 4.90 Å². The Balaban J connectivity index is 1.73. The monoisotopic (exact) mass is 357 g/mol. The van der Waals surface area contributed by atoms with Crippen LogP contribution in [0.5, 0.6) is 0 Å². The molecule has 1 fully saturated rings. The van der Waals surface area contributed by atoms with Gasteiger partial charge in [-0.3, -0.25) is 4.79 Å². The first-order valence-corrected chi connectivity index (χ1v) is 7.90. The summed E-state index contributed by atoms with van der Waals surface area (Å²) in [5.41, 5.74) is 1.77. The van der Waals surface area contributed by atoms with Crippen LogP contribution in [-0.4, -0.2) is 39.9 Å². The molecule has 0 N–H and O–H groups in total. The van der Waals surface area contributed by atoms with Crippen molar-refractivity contribution in [3.05, 3.63) is 47.2 Å². The quantitative estimate of drug-likeness (QED) is 0.820. The molecule has 1 aromatic carbocycles. The molecule has 1 saturated heterocycles. The first-order chi connectivity index (χ1) is 11.4. The number of hydrogen-bond donors (Lipinski definition) is 0. The molecule has 4 nitrogen and oxygen atoms in total. The van der Waals surface area contributed by atoms with Crippen LogP contribution in [0.25, 0.3) is 5.69 Å². The highest BCUT2D eigenvalue weighted by atomic mass is 35.5. The number of halogens is 4. The van der Waals surface area contributed by atoms with Gasteiger partial charge in [0.15, 0.2) is 0 Å². The maximum absolute atomic E-state index is 12.5. The van der Waals surface area contributed by atoms with Gasteiger partial charge in [0.05, 0.1) is 5.69 Å². The SMILES string of the molecule is O=C(N1CCC(c2ccnn2-c2ccc(Cl)cc2)CC1)C(F)(F)F. The lowest BCUT2D eigenvalue weighted by Gasteiger charge is -2.32. The molecule has 1 aliphatic heterocycles. The second-order valence-corrected chi connectivity index (χ2v) is 6.14. The summed E-state index contributed by atoms with van der Waals surface area (Å²) < 4.78 is 39.3. The van der Waals surface area contributed by atoms with Crippen molar-refractivity contribution in [1.29, 1.82) is 0 Å². The van der Waals surface area contributed by atoms with Gasteiger partial charge in [0.2, 0.25) is 0 Å². The van der Waals surface area contributed by atoms with Crippen molar-refractivity contribution in [3.8, 4) is 5.69 Å². The summed E-state index contributed by atoms with van der Waals surface area (Å²) >= 11 is 5.89. The lowest BCUT2D eigenvalue weighted by molar-refractivity contribution is -0.186. The first-order valence-electron chi connectivity index (χ1n) is 7.52. The lowest BCUT2D eigenvalue weighted by Crippen LogP contribution is -2.45. The molecule has 0 radical (unpaired) electrons. The minimum atomic E-state index is -4.81. The number of likely N-dealkylation sites (tertiary alicyclic amines) is 1. The Morgan fingerprint density at radius 3 is 2.33 bits per heavy atom. The van der Waals surface area contributed by atoms with Crippen LogP contribution in [0.15, 0.2) is 36.5 Å². The summed E-state index contributed by atoms with van der Waals surface area (Å²) in [6.07, 6.45) is -2.20. The molecule has 8 heteroatoms. The second-order valence-electron chi connectivity index (χ2n) is 5.71. The topological polar surface area (TPSA) is 38.1 Å². The molecule has 24 heavy (non-hydrogen) atoms. The molecule has 1 amide bonds.